The first kappa shape index (κ1) is 13.1. The summed E-state index contributed by atoms with van der Waals surface area (Å²) in [5.41, 5.74) is 0.701. The Morgan fingerprint density at radius 2 is 2.39 bits per heavy atom. The maximum atomic E-state index is 11.2. The lowest BCUT2D eigenvalue weighted by Crippen LogP contribution is -2.07. The van der Waals surface area contributed by atoms with Crippen molar-refractivity contribution in [2.24, 2.45) is 0 Å². The predicted molar refractivity (Wildman–Crippen MR) is 70.1 cm³/mol. The third kappa shape index (κ3) is 3.84. The first-order valence-corrected chi connectivity index (χ1v) is 6.61. The number of ketones is 1. The highest BCUT2D eigenvalue weighted by molar-refractivity contribution is 5.94. The fraction of sp³-hybridized carbons (Fsp3) is 0.533. The second kappa shape index (κ2) is 6.55. The Balaban J connectivity index is 1.72. The lowest BCUT2D eigenvalue weighted by molar-refractivity contribution is 0.0981. The van der Waals surface area contributed by atoms with Gasteiger partial charge in [-0.1, -0.05) is 12.1 Å². The minimum absolute atomic E-state index is 0.0693. The van der Waals surface area contributed by atoms with E-state index in [2.05, 4.69) is 0 Å². The largest absolute Gasteiger partial charge is 0.494 e. The van der Waals surface area contributed by atoms with Crippen molar-refractivity contribution < 1.29 is 14.3 Å². The van der Waals surface area contributed by atoms with Gasteiger partial charge in [0.25, 0.3) is 0 Å². The molecule has 0 saturated carbocycles. The van der Waals surface area contributed by atoms with Crippen LogP contribution in [-0.4, -0.2) is 25.1 Å². The molecular formula is C15H20O3. The fourth-order valence-corrected chi connectivity index (χ4v) is 2.18. The normalized spacial score (nSPS) is 18.8. The SMILES string of the molecule is CC(=O)c1cccc(OCCCC2CCCO2)c1. The molecular weight excluding hydrogens is 228 g/mol. The fourth-order valence-electron chi connectivity index (χ4n) is 2.18. The van der Waals surface area contributed by atoms with Crippen LogP contribution in [0, 0.1) is 0 Å². The van der Waals surface area contributed by atoms with Crippen molar-refractivity contribution in [1.29, 1.82) is 0 Å². The third-order valence-electron chi connectivity index (χ3n) is 3.20. The molecule has 0 spiro atoms. The smallest absolute Gasteiger partial charge is 0.159 e. The Bertz CT molecular complexity index is 394. The summed E-state index contributed by atoms with van der Waals surface area (Å²) in [6, 6.07) is 7.35. The minimum atomic E-state index is 0.0693. The maximum absolute atomic E-state index is 11.2. The highest BCUT2D eigenvalue weighted by Crippen LogP contribution is 2.18. The monoisotopic (exact) mass is 248 g/mol. The molecule has 1 heterocycles. The van der Waals surface area contributed by atoms with Crippen molar-refractivity contribution in [3.63, 3.8) is 0 Å². The van der Waals surface area contributed by atoms with Gasteiger partial charge in [0, 0.05) is 12.2 Å². The van der Waals surface area contributed by atoms with Gasteiger partial charge in [-0.05, 0) is 44.7 Å². The van der Waals surface area contributed by atoms with Crippen LogP contribution in [0.4, 0.5) is 0 Å². The van der Waals surface area contributed by atoms with Crippen LogP contribution in [0.15, 0.2) is 24.3 Å². The van der Waals surface area contributed by atoms with Crippen molar-refractivity contribution >= 4 is 5.78 Å². The van der Waals surface area contributed by atoms with Crippen LogP contribution in [0.2, 0.25) is 0 Å². The molecule has 0 aromatic heterocycles. The summed E-state index contributed by atoms with van der Waals surface area (Å²) in [6.07, 6.45) is 4.85. The van der Waals surface area contributed by atoms with Gasteiger partial charge in [0.15, 0.2) is 5.78 Å². The van der Waals surface area contributed by atoms with Gasteiger partial charge in [0.05, 0.1) is 12.7 Å². The molecule has 1 aromatic rings. The molecule has 3 heteroatoms. The first-order valence-electron chi connectivity index (χ1n) is 6.61. The van der Waals surface area contributed by atoms with Crippen LogP contribution in [0.5, 0.6) is 5.75 Å². The average molecular weight is 248 g/mol. The molecule has 0 bridgehead atoms. The van der Waals surface area contributed by atoms with Crippen LogP contribution in [-0.2, 0) is 4.74 Å². The molecule has 1 unspecified atom stereocenters. The van der Waals surface area contributed by atoms with Crippen molar-refractivity contribution in [3.05, 3.63) is 29.8 Å². The van der Waals surface area contributed by atoms with Crippen molar-refractivity contribution in [2.75, 3.05) is 13.2 Å². The molecule has 1 saturated heterocycles. The summed E-state index contributed by atoms with van der Waals surface area (Å²) >= 11 is 0. The molecule has 0 amide bonds. The van der Waals surface area contributed by atoms with E-state index in [9.17, 15) is 4.79 Å². The molecule has 1 aliphatic heterocycles. The molecule has 1 aromatic carbocycles. The number of ether oxygens (including phenoxy) is 2. The molecule has 1 atom stereocenters. The highest BCUT2D eigenvalue weighted by atomic mass is 16.5. The summed E-state index contributed by atoms with van der Waals surface area (Å²) in [5, 5.41) is 0. The van der Waals surface area contributed by atoms with Gasteiger partial charge in [-0.3, -0.25) is 4.79 Å². The Morgan fingerprint density at radius 3 is 3.11 bits per heavy atom. The van der Waals surface area contributed by atoms with E-state index in [-0.39, 0.29) is 5.78 Å². The molecule has 3 nitrogen and oxygen atoms in total. The zero-order chi connectivity index (χ0) is 12.8. The maximum Gasteiger partial charge on any atom is 0.159 e. The second-order valence-corrected chi connectivity index (χ2v) is 4.71. The van der Waals surface area contributed by atoms with E-state index in [1.807, 2.05) is 18.2 Å². The molecule has 0 aliphatic carbocycles. The summed E-state index contributed by atoms with van der Waals surface area (Å²) < 4.78 is 11.2. The van der Waals surface area contributed by atoms with E-state index in [1.54, 1.807) is 13.0 Å². The number of hydrogen-bond donors (Lipinski definition) is 0. The van der Waals surface area contributed by atoms with Crippen molar-refractivity contribution in [1.82, 2.24) is 0 Å². The molecule has 1 aliphatic rings. The van der Waals surface area contributed by atoms with Crippen molar-refractivity contribution in [3.8, 4) is 5.75 Å². The van der Waals surface area contributed by atoms with Gasteiger partial charge in [0.2, 0.25) is 0 Å². The highest BCUT2D eigenvalue weighted by Gasteiger charge is 2.14. The standard InChI is InChI=1S/C15H20O3/c1-12(16)13-5-2-6-15(11-13)18-10-4-8-14-7-3-9-17-14/h2,5-6,11,14H,3-4,7-10H2,1H3. The summed E-state index contributed by atoms with van der Waals surface area (Å²) in [6.45, 7) is 3.16. The molecule has 98 valence electrons. The number of carbonyl (C=O) groups excluding carboxylic acids is 1. The van der Waals surface area contributed by atoms with Crippen LogP contribution in [0.1, 0.15) is 43.0 Å². The second-order valence-electron chi connectivity index (χ2n) is 4.71. The topological polar surface area (TPSA) is 35.5 Å². The number of hydrogen-bond acceptors (Lipinski definition) is 3. The van der Waals surface area contributed by atoms with Gasteiger partial charge in [-0.25, -0.2) is 0 Å². The van der Waals surface area contributed by atoms with E-state index >= 15 is 0 Å². The summed E-state index contributed by atoms with van der Waals surface area (Å²) in [7, 11) is 0. The Kier molecular flexibility index (Phi) is 4.76. The van der Waals surface area contributed by atoms with E-state index in [0.29, 0.717) is 18.3 Å². The van der Waals surface area contributed by atoms with Gasteiger partial charge < -0.3 is 9.47 Å². The van der Waals surface area contributed by atoms with Gasteiger partial charge in [-0.15, -0.1) is 0 Å². The summed E-state index contributed by atoms with van der Waals surface area (Å²) in [4.78, 5) is 11.2. The average Bonchev–Trinajstić information content (AvgIpc) is 2.88. The number of rotatable bonds is 6. The Hall–Kier alpha value is -1.35. The lowest BCUT2D eigenvalue weighted by atomic mass is 10.1. The van der Waals surface area contributed by atoms with Gasteiger partial charge in [0.1, 0.15) is 5.75 Å². The van der Waals surface area contributed by atoms with E-state index in [1.165, 1.54) is 12.8 Å². The molecule has 2 rings (SSSR count). The number of carbonyl (C=O) groups is 1. The van der Waals surface area contributed by atoms with Crippen LogP contribution in [0.25, 0.3) is 0 Å². The molecule has 0 N–H and O–H groups in total. The Labute approximate surface area is 108 Å². The van der Waals surface area contributed by atoms with Crippen LogP contribution in [0.3, 0.4) is 0 Å². The van der Waals surface area contributed by atoms with E-state index in [4.69, 9.17) is 9.47 Å². The lowest BCUT2D eigenvalue weighted by Gasteiger charge is -2.10. The zero-order valence-corrected chi connectivity index (χ0v) is 10.9. The molecule has 18 heavy (non-hydrogen) atoms. The van der Waals surface area contributed by atoms with Crippen LogP contribution < -0.4 is 4.74 Å². The zero-order valence-electron chi connectivity index (χ0n) is 10.9. The molecule has 0 radical (unpaired) electrons. The van der Waals surface area contributed by atoms with Crippen molar-refractivity contribution in [2.45, 2.75) is 38.7 Å². The first-order chi connectivity index (χ1) is 8.75. The molecule has 1 fully saturated rings. The van der Waals surface area contributed by atoms with Gasteiger partial charge >= 0.3 is 0 Å². The van der Waals surface area contributed by atoms with Crippen LogP contribution >= 0.6 is 0 Å². The Morgan fingerprint density at radius 1 is 1.50 bits per heavy atom. The van der Waals surface area contributed by atoms with E-state index in [0.717, 1.165) is 25.2 Å². The number of Topliss-reactive ketones (excluding diaryl/α,β-unsaturated/α-hetero) is 1. The summed E-state index contributed by atoms with van der Waals surface area (Å²) in [5.74, 6) is 0.842. The minimum Gasteiger partial charge on any atom is -0.494 e. The number of benzene rings is 1. The van der Waals surface area contributed by atoms with E-state index < -0.39 is 0 Å². The van der Waals surface area contributed by atoms with Gasteiger partial charge in [-0.2, -0.15) is 0 Å². The quantitative estimate of drug-likeness (QED) is 0.572. The predicted octanol–water partition coefficient (Wildman–Crippen LogP) is 3.23. The third-order valence-corrected chi connectivity index (χ3v) is 3.20.